The van der Waals surface area contributed by atoms with Crippen molar-refractivity contribution in [3.05, 3.63) is 59.9 Å². The van der Waals surface area contributed by atoms with Gasteiger partial charge in [0.15, 0.2) is 0 Å². The van der Waals surface area contributed by atoms with Crippen LogP contribution in [0.1, 0.15) is 22.8 Å². The Kier molecular flexibility index (Phi) is 4.26. The molecule has 0 N–H and O–H groups in total. The van der Waals surface area contributed by atoms with E-state index in [-0.39, 0.29) is 6.54 Å². The minimum absolute atomic E-state index is 0.259. The normalized spacial score (nSPS) is 11.2. The quantitative estimate of drug-likeness (QED) is 0.863. The van der Waals surface area contributed by atoms with E-state index in [4.69, 9.17) is 0 Å². The molecule has 0 spiro atoms. The fourth-order valence-corrected chi connectivity index (χ4v) is 2.01. The van der Waals surface area contributed by atoms with Gasteiger partial charge in [0.25, 0.3) is 5.91 Å². The van der Waals surface area contributed by atoms with E-state index in [9.17, 15) is 18.0 Å². The molecule has 110 valence electrons. The highest BCUT2D eigenvalue weighted by molar-refractivity contribution is 6.06. The van der Waals surface area contributed by atoms with Crippen LogP contribution in [0.3, 0.4) is 0 Å². The van der Waals surface area contributed by atoms with Gasteiger partial charge in [-0.3, -0.25) is 9.78 Å². The van der Waals surface area contributed by atoms with Crippen molar-refractivity contribution in [2.45, 2.75) is 13.1 Å². The van der Waals surface area contributed by atoms with Crippen LogP contribution < -0.4 is 4.90 Å². The second-order valence-electron chi connectivity index (χ2n) is 4.30. The third kappa shape index (κ3) is 3.21. The Morgan fingerprint density at radius 2 is 1.86 bits per heavy atom. The summed E-state index contributed by atoms with van der Waals surface area (Å²) in [4.78, 5) is 17.4. The number of nitrogens with zero attached hydrogens (tertiary/aromatic N) is 2. The number of para-hydroxylation sites is 1. The smallest absolute Gasteiger partial charge is 0.309 e. The second-order valence-corrected chi connectivity index (χ2v) is 4.30. The van der Waals surface area contributed by atoms with E-state index in [1.807, 2.05) is 0 Å². The zero-order valence-corrected chi connectivity index (χ0v) is 11.3. The van der Waals surface area contributed by atoms with E-state index in [1.165, 1.54) is 4.90 Å². The molecule has 0 bridgehead atoms. The maximum Gasteiger partial charge on any atom is 0.417 e. The summed E-state index contributed by atoms with van der Waals surface area (Å²) in [6.45, 7) is 1.96. The minimum Gasteiger partial charge on any atom is -0.309 e. The zero-order valence-electron chi connectivity index (χ0n) is 11.3. The van der Waals surface area contributed by atoms with Gasteiger partial charge in [0.1, 0.15) is 0 Å². The van der Waals surface area contributed by atoms with Crippen molar-refractivity contribution in [3.63, 3.8) is 0 Å². The van der Waals surface area contributed by atoms with Crippen molar-refractivity contribution in [1.82, 2.24) is 4.98 Å². The monoisotopic (exact) mass is 294 g/mol. The van der Waals surface area contributed by atoms with Crippen LogP contribution in [0.4, 0.5) is 18.9 Å². The first-order valence-electron chi connectivity index (χ1n) is 6.33. The molecule has 1 aromatic carbocycles. The molecule has 2 rings (SSSR count). The number of benzene rings is 1. The lowest BCUT2D eigenvalue weighted by Gasteiger charge is -2.22. The van der Waals surface area contributed by atoms with E-state index >= 15 is 0 Å². The molecule has 6 heteroatoms. The van der Waals surface area contributed by atoms with Gasteiger partial charge in [0.05, 0.1) is 11.1 Å². The van der Waals surface area contributed by atoms with E-state index in [0.29, 0.717) is 5.69 Å². The number of anilines is 1. The van der Waals surface area contributed by atoms with Crippen molar-refractivity contribution >= 4 is 11.6 Å². The molecule has 0 atom stereocenters. The van der Waals surface area contributed by atoms with Gasteiger partial charge < -0.3 is 4.90 Å². The van der Waals surface area contributed by atoms with Crippen LogP contribution in [0.5, 0.6) is 0 Å². The summed E-state index contributed by atoms with van der Waals surface area (Å²) in [5, 5.41) is 0. The van der Waals surface area contributed by atoms with Crippen LogP contribution in [-0.4, -0.2) is 17.4 Å². The van der Waals surface area contributed by atoms with Gasteiger partial charge in [-0.15, -0.1) is 0 Å². The predicted molar refractivity (Wildman–Crippen MR) is 73.0 cm³/mol. The van der Waals surface area contributed by atoms with Crippen LogP contribution in [-0.2, 0) is 6.18 Å². The van der Waals surface area contributed by atoms with Gasteiger partial charge in [-0.05, 0) is 25.1 Å². The number of hydrogen-bond donors (Lipinski definition) is 0. The highest BCUT2D eigenvalue weighted by atomic mass is 19.4. The Hall–Kier alpha value is -2.37. The fourth-order valence-electron chi connectivity index (χ4n) is 2.01. The molecule has 0 saturated heterocycles. The highest BCUT2D eigenvalue weighted by Crippen LogP contribution is 2.32. The molecule has 21 heavy (non-hydrogen) atoms. The number of alkyl halides is 3. The molecule has 0 saturated carbocycles. The number of carbonyl (C=O) groups excluding carboxylic acids is 1. The average molecular weight is 294 g/mol. The molecule has 0 aliphatic carbocycles. The summed E-state index contributed by atoms with van der Waals surface area (Å²) < 4.78 is 38.9. The Labute approximate surface area is 120 Å². The lowest BCUT2D eigenvalue weighted by Crippen LogP contribution is -2.32. The second kappa shape index (κ2) is 5.95. The molecule has 0 aliphatic rings. The Morgan fingerprint density at radius 1 is 1.19 bits per heavy atom. The van der Waals surface area contributed by atoms with Crippen molar-refractivity contribution in [2.24, 2.45) is 0 Å². The Balaban J connectivity index is 2.44. The molecular weight excluding hydrogens is 281 g/mol. The van der Waals surface area contributed by atoms with Gasteiger partial charge in [-0.2, -0.15) is 13.2 Å². The Morgan fingerprint density at radius 3 is 2.43 bits per heavy atom. The predicted octanol–water partition coefficient (Wildman–Crippen LogP) is 3.77. The van der Waals surface area contributed by atoms with Gasteiger partial charge in [-0.25, -0.2) is 0 Å². The van der Waals surface area contributed by atoms with Crippen molar-refractivity contribution < 1.29 is 18.0 Å². The molecule has 3 nitrogen and oxygen atoms in total. The third-order valence-electron chi connectivity index (χ3n) is 2.99. The summed E-state index contributed by atoms with van der Waals surface area (Å²) in [6.07, 6.45) is -2.61. The number of aromatic nitrogens is 1. The lowest BCUT2D eigenvalue weighted by molar-refractivity contribution is -0.138. The number of pyridine rings is 1. The maximum absolute atomic E-state index is 13.0. The molecule has 1 amide bonds. The van der Waals surface area contributed by atoms with Crippen LogP contribution >= 0.6 is 0 Å². The van der Waals surface area contributed by atoms with Gasteiger partial charge >= 0.3 is 6.18 Å². The average Bonchev–Trinajstić information content (AvgIpc) is 2.48. The number of hydrogen-bond acceptors (Lipinski definition) is 2. The molecule has 0 aliphatic heterocycles. The van der Waals surface area contributed by atoms with Crippen molar-refractivity contribution in [3.8, 4) is 0 Å². The summed E-state index contributed by atoms with van der Waals surface area (Å²) >= 11 is 0. The minimum atomic E-state index is -4.59. The molecule has 1 aromatic heterocycles. The van der Waals surface area contributed by atoms with Gasteiger partial charge in [0.2, 0.25) is 0 Å². The standard InChI is InChI=1S/C15H13F3N2O/c1-2-20(11-6-4-3-5-7-11)14(21)12-10-19-9-8-13(12)15(16,17)18/h3-10H,2H2,1H3. The third-order valence-corrected chi connectivity index (χ3v) is 2.99. The zero-order chi connectivity index (χ0) is 15.5. The first-order valence-corrected chi connectivity index (χ1v) is 6.33. The summed E-state index contributed by atoms with van der Waals surface area (Å²) in [6, 6.07) is 9.37. The first kappa shape index (κ1) is 15.0. The number of rotatable bonds is 3. The SMILES string of the molecule is CCN(C(=O)c1cnccc1C(F)(F)F)c1ccccc1. The summed E-state index contributed by atoms with van der Waals surface area (Å²) in [5.74, 6) is -0.718. The van der Waals surface area contributed by atoms with E-state index < -0.39 is 23.2 Å². The van der Waals surface area contributed by atoms with Crippen LogP contribution in [0.2, 0.25) is 0 Å². The summed E-state index contributed by atoms with van der Waals surface area (Å²) in [5.41, 5.74) is -0.880. The number of halogens is 3. The van der Waals surface area contributed by atoms with E-state index in [1.54, 1.807) is 37.3 Å². The first-order chi connectivity index (χ1) is 9.95. The van der Waals surface area contributed by atoms with Crippen LogP contribution in [0, 0.1) is 0 Å². The maximum atomic E-state index is 13.0. The van der Waals surface area contributed by atoms with Gasteiger partial charge in [-0.1, -0.05) is 18.2 Å². The van der Waals surface area contributed by atoms with E-state index in [2.05, 4.69) is 4.98 Å². The molecule has 0 unspecified atom stereocenters. The molecule has 0 radical (unpaired) electrons. The highest BCUT2D eigenvalue weighted by Gasteiger charge is 2.36. The molecule has 1 heterocycles. The number of carbonyl (C=O) groups is 1. The largest absolute Gasteiger partial charge is 0.417 e. The van der Waals surface area contributed by atoms with Crippen LogP contribution in [0.15, 0.2) is 48.8 Å². The molecule has 2 aromatic rings. The van der Waals surface area contributed by atoms with Gasteiger partial charge in [0, 0.05) is 24.6 Å². The van der Waals surface area contributed by atoms with Crippen LogP contribution in [0.25, 0.3) is 0 Å². The van der Waals surface area contributed by atoms with E-state index in [0.717, 1.165) is 18.5 Å². The fraction of sp³-hybridized carbons (Fsp3) is 0.200. The van der Waals surface area contributed by atoms with Crippen molar-refractivity contribution in [1.29, 1.82) is 0 Å². The topological polar surface area (TPSA) is 33.2 Å². The Bertz CT molecular complexity index is 626. The molecule has 0 fully saturated rings. The number of amides is 1. The lowest BCUT2D eigenvalue weighted by atomic mass is 10.1. The molecular formula is C15H13F3N2O. The van der Waals surface area contributed by atoms with Crippen molar-refractivity contribution in [2.75, 3.05) is 11.4 Å². The summed E-state index contributed by atoms with van der Waals surface area (Å²) in [7, 11) is 0.